The van der Waals surface area contributed by atoms with Crippen molar-refractivity contribution in [2.24, 2.45) is 0 Å². The van der Waals surface area contributed by atoms with Gasteiger partial charge in [0.25, 0.3) is 0 Å². The minimum absolute atomic E-state index is 0.0623. The number of hydrogen-bond donors (Lipinski definition) is 0. The lowest BCUT2D eigenvalue weighted by Crippen LogP contribution is -2.15. The Balaban J connectivity index is 1.18. The molecule has 230 valence electrons. The summed E-state index contributed by atoms with van der Waals surface area (Å²) in [6.07, 6.45) is 0. The molecule has 0 spiro atoms. The fraction of sp³-hybridized carbons (Fsp3) is 0.125. The van der Waals surface area contributed by atoms with Gasteiger partial charge in [-0.3, -0.25) is 0 Å². The molecule has 0 heteroatoms. The molecule has 0 heterocycles. The van der Waals surface area contributed by atoms with Gasteiger partial charge in [0.05, 0.1) is 0 Å². The Morgan fingerprint density at radius 3 is 1.65 bits per heavy atom. The average molecular weight is 615 g/mol. The summed E-state index contributed by atoms with van der Waals surface area (Å²) in [6, 6.07) is 56.9. The number of fused-ring (bicyclic) bond motifs is 7. The molecule has 0 radical (unpaired) electrons. The molecule has 0 unspecified atom stereocenters. The predicted octanol–water partition coefficient (Wildman–Crippen LogP) is 13.6. The van der Waals surface area contributed by atoms with E-state index < -0.39 is 0 Å². The van der Waals surface area contributed by atoms with Gasteiger partial charge in [0.15, 0.2) is 0 Å². The van der Waals surface area contributed by atoms with E-state index in [1.165, 1.54) is 93.5 Å². The van der Waals surface area contributed by atoms with E-state index in [0.29, 0.717) is 5.92 Å². The zero-order valence-electron chi connectivity index (χ0n) is 28.0. The third kappa shape index (κ3) is 4.51. The molecular formula is C48H38. The molecule has 0 bridgehead atoms. The Kier molecular flexibility index (Phi) is 6.46. The lowest BCUT2D eigenvalue weighted by atomic mass is 9.80. The number of rotatable bonds is 4. The van der Waals surface area contributed by atoms with E-state index in [1.54, 1.807) is 0 Å². The van der Waals surface area contributed by atoms with E-state index in [4.69, 9.17) is 0 Å². The molecule has 9 rings (SSSR count). The van der Waals surface area contributed by atoms with Crippen molar-refractivity contribution in [2.75, 3.05) is 0 Å². The molecule has 0 atom stereocenters. The molecule has 0 saturated carbocycles. The van der Waals surface area contributed by atoms with Crippen LogP contribution in [0.5, 0.6) is 0 Å². The van der Waals surface area contributed by atoms with Gasteiger partial charge in [-0.2, -0.15) is 0 Å². The Morgan fingerprint density at radius 2 is 0.938 bits per heavy atom. The maximum Gasteiger partial charge on any atom is 0.0159 e. The SMILES string of the molecule is CC(C)c1cc(-c2ccc3cc(-c4ccc5ccccc5c4)ccc3c2)cc(-c2cc3c(c4ccccc24)-c2ccccc2C3(C)C)c1. The highest BCUT2D eigenvalue weighted by atomic mass is 14.4. The van der Waals surface area contributed by atoms with E-state index in [-0.39, 0.29) is 5.41 Å². The molecule has 1 aliphatic rings. The van der Waals surface area contributed by atoms with Crippen LogP contribution in [0.25, 0.3) is 76.8 Å². The van der Waals surface area contributed by atoms with Crippen molar-refractivity contribution in [3.05, 3.63) is 168 Å². The standard InChI is InChI=1S/C48H38/c1-30(2)38-26-39(37-22-21-35-24-34(19-20-36(35)25-37)33-18-17-31-11-5-6-12-32(31)23-33)28-40(27-38)44-29-46-47(42-14-8-7-13-41(42)44)43-15-9-10-16-45(43)48(46,3)4/h5-30H,1-4H3. The van der Waals surface area contributed by atoms with E-state index >= 15 is 0 Å². The van der Waals surface area contributed by atoms with Crippen molar-refractivity contribution in [1.29, 1.82) is 0 Å². The summed E-state index contributed by atoms with van der Waals surface area (Å²) in [7, 11) is 0. The molecule has 0 aliphatic heterocycles. The van der Waals surface area contributed by atoms with Gasteiger partial charge in [-0.1, -0.05) is 149 Å². The second kappa shape index (κ2) is 10.8. The zero-order valence-corrected chi connectivity index (χ0v) is 28.0. The van der Waals surface area contributed by atoms with E-state index in [0.717, 1.165) is 0 Å². The van der Waals surface area contributed by atoms with Crippen LogP contribution in [-0.4, -0.2) is 0 Å². The Hall–Kier alpha value is -5.46. The summed E-state index contributed by atoms with van der Waals surface area (Å²) in [5, 5.41) is 7.72. The fourth-order valence-corrected chi connectivity index (χ4v) is 8.07. The van der Waals surface area contributed by atoms with Crippen molar-refractivity contribution in [3.8, 4) is 44.5 Å². The molecular weight excluding hydrogens is 577 g/mol. The maximum atomic E-state index is 2.50. The van der Waals surface area contributed by atoms with Crippen molar-refractivity contribution < 1.29 is 0 Å². The monoisotopic (exact) mass is 614 g/mol. The zero-order chi connectivity index (χ0) is 32.6. The smallest absolute Gasteiger partial charge is 0.0159 e. The number of benzene rings is 8. The summed E-state index contributed by atoms with van der Waals surface area (Å²) in [4.78, 5) is 0. The van der Waals surface area contributed by atoms with Crippen LogP contribution < -0.4 is 0 Å². The van der Waals surface area contributed by atoms with Gasteiger partial charge in [-0.15, -0.1) is 0 Å². The molecule has 0 N–H and O–H groups in total. The normalized spacial score (nSPS) is 13.4. The van der Waals surface area contributed by atoms with Gasteiger partial charge in [0.2, 0.25) is 0 Å². The summed E-state index contributed by atoms with van der Waals surface area (Å²) < 4.78 is 0. The second-order valence-corrected chi connectivity index (χ2v) is 14.4. The van der Waals surface area contributed by atoms with Gasteiger partial charge in [0.1, 0.15) is 0 Å². The first-order valence-corrected chi connectivity index (χ1v) is 17.2. The molecule has 0 amide bonds. The third-order valence-corrected chi connectivity index (χ3v) is 10.8. The lowest BCUT2D eigenvalue weighted by molar-refractivity contribution is 0.661. The number of hydrogen-bond acceptors (Lipinski definition) is 0. The first kappa shape index (κ1) is 28.7. The van der Waals surface area contributed by atoms with Crippen LogP contribution in [-0.2, 0) is 5.41 Å². The van der Waals surface area contributed by atoms with Gasteiger partial charge < -0.3 is 0 Å². The van der Waals surface area contributed by atoms with Crippen molar-refractivity contribution >= 4 is 32.3 Å². The van der Waals surface area contributed by atoms with Gasteiger partial charge in [-0.25, -0.2) is 0 Å². The third-order valence-electron chi connectivity index (χ3n) is 10.8. The molecule has 1 aliphatic carbocycles. The lowest BCUT2D eigenvalue weighted by Gasteiger charge is -2.23. The van der Waals surface area contributed by atoms with Crippen LogP contribution in [0.15, 0.2) is 152 Å². The summed E-state index contributed by atoms with van der Waals surface area (Å²) >= 11 is 0. The van der Waals surface area contributed by atoms with Crippen LogP contribution in [0.4, 0.5) is 0 Å². The van der Waals surface area contributed by atoms with Crippen molar-refractivity contribution in [1.82, 2.24) is 0 Å². The largest absolute Gasteiger partial charge is 0.0619 e. The molecule has 0 nitrogen and oxygen atoms in total. The highest BCUT2D eigenvalue weighted by Gasteiger charge is 2.37. The molecule has 0 saturated heterocycles. The summed E-state index contributed by atoms with van der Waals surface area (Å²) in [5.41, 5.74) is 14.5. The first-order valence-electron chi connectivity index (χ1n) is 17.2. The van der Waals surface area contributed by atoms with Crippen molar-refractivity contribution in [3.63, 3.8) is 0 Å². The van der Waals surface area contributed by atoms with Crippen LogP contribution in [0.2, 0.25) is 0 Å². The van der Waals surface area contributed by atoms with Crippen LogP contribution in [0.1, 0.15) is 50.3 Å². The maximum absolute atomic E-state index is 2.50. The van der Waals surface area contributed by atoms with Gasteiger partial charge in [0, 0.05) is 5.41 Å². The highest BCUT2D eigenvalue weighted by Crippen LogP contribution is 2.53. The van der Waals surface area contributed by atoms with Gasteiger partial charge >= 0.3 is 0 Å². The van der Waals surface area contributed by atoms with E-state index in [1.807, 2.05) is 0 Å². The quantitative estimate of drug-likeness (QED) is 0.185. The van der Waals surface area contributed by atoms with Crippen LogP contribution in [0, 0.1) is 0 Å². The van der Waals surface area contributed by atoms with E-state index in [9.17, 15) is 0 Å². The fourth-order valence-electron chi connectivity index (χ4n) is 8.07. The van der Waals surface area contributed by atoms with Crippen LogP contribution in [0.3, 0.4) is 0 Å². The molecule has 8 aromatic rings. The highest BCUT2D eigenvalue weighted by molar-refractivity contribution is 6.09. The Bertz CT molecular complexity index is 2560. The molecule has 48 heavy (non-hydrogen) atoms. The summed E-state index contributed by atoms with van der Waals surface area (Å²) in [6.45, 7) is 9.37. The Morgan fingerprint density at radius 1 is 0.396 bits per heavy atom. The first-order chi connectivity index (χ1) is 23.3. The molecule has 0 fully saturated rings. The molecule has 8 aromatic carbocycles. The van der Waals surface area contributed by atoms with Gasteiger partial charge in [-0.05, 0) is 130 Å². The minimum atomic E-state index is -0.0623. The second-order valence-electron chi connectivity index (χ2n) is 14.4. The van der Waals surface area contributed by atoms with E-state index in [2.05, 4.69) is 179 Å². The molecule has 0 aromatic heterocycles. The van der Waals surface area contributed by atoms with Crippen molar-refractivity contribution in [2.45, 2.75) is 39.0 Å². The summed E-state index contributed by atoms with van der Waals surface area (Å²) in [5.74, 6) is 0.412. The average Bonchev–Trinajstić information content (AvgIpc) is 3.36. The Labute approximate surface area is 283 Å². The minimum Gasteiger partial charge on any atom is -0.0619 e. The van der Waals surface area contributed by atoms with Crippen LogP contribution >= 0.6 is 0 Å². The predicted molar refractivity (Wildman–Crippen MR) is 207 cm³/mol. The topological polar surface area (TPSA) is 0 Å².